The minimum atomic E-state index is -1.16. The first-order chi connectivity index (χ1) is 17.0. The molecule has 4 aliphatic rings. The Morgan fingerprint density at radius 3 is 2.64 bits per heavy atom. The number of cyclic esters (lactones) is 1. The average Bonchev–Trinajstić information content (AvgIpc) is 3.10. The first-order valence-corrected chi connectivity index (χ1v) is 13.7. The Bertz CT molecular complexity index is 1060. The topological polar surface area (TPSA) is 119 Å². The van der Waals surface area contributed by atoms with E-state index in [1.54, 1.807) is 5.41 Å². The van der Waals surface area contributed by atoms with Crippen LogP contribution < -0.4 is 0 Å². The fourth-order valence-electron chi connectivity index (χ4n) is 6.63. The number of ketones is 1. The number of thioether (sulfide) groups is 1. The molecule has 3 aliphatic carbocycles. The van der Waals surface area contributed by atoms with Gasteiger partial charge < -0.3 is 24.4 Å². The number of methoxy groups -OCH3 is 1. The molecule has 0 bridgehead atoms. The molecule has 0 amide bonds. The third-order valence-electron chi connectivity index (χ3n) is 8.47. The van der Waals surface area contributed by atoms with E-state index in [-0.39, 0.29) is 23.7 Å². The maximum atomic E-state index is 13.9. The van der Waals surface area contributed by atoms with Crippen LogP contribution in [0.5, 0.6) is 0 Å². The van der Waals surface area contributed by atoms with Crippen molar-refractivity contribution in [1.29, 1.82) is 0 Å². The lowest BCUT2D eigenvalue weighted by molar-refractivity contribution is -0.160. The molecule has 8 nitrogen and oxygen atoms in total. The Hall–Kier alpha value is -2.10. The van der Waals surface area contributed by atoms with Gasteiger partial charge in [-0.1, -0.05) is 20.3 Å². The summed E-state index contributed by atoms with van der Waals surface area (Å²) >= 11 is 1.43. The van der Waals surface area contributed by atoms with Gasteiger partial charge in [-0.15, -0.1) is 11.8 Å². The Morgan fingerprint density at radius 1 is 1.28 bits per heavy atom. The standard InChI is InChI=1S/C27H36O8S/c1-6-7-10-36-13-15-21-24(31)23(30)20-16-8-9-18(29)26(16,3)11-17(34-14(2)28)22(20)27(21,4)19(12-33-5)35-25(15)32/h13,16-19,29,31H,6-12H2,1-5H3/b15-13-. The smallest absolute Gasteiger partial charge is 0.339 e. The Kier molecular flexibility index (Phi) is 7.48. The average molecular weight is 521 g/mol. The number of carbonyl (C=O) groups excluding carboxylic acids is 3. The number of esters is 2. The summed E-state index contributed by atoms with van der Waals surface area (Å²) in [5.74, 6) is -1.75. The minimum Gasteiger partial charge on any atom is -0.504 e. The van der Waals surface area contributed by atoms with E-state index in [9.17, 15) is 24.6 Å². The summed E-state index contributed by atoms with van der Waals surface area (Å²) in [7, 11) is 1.49. The zero-order chi connectivity index (χ0) is 26.4. The Morgan fingerprint density at radius 2 is 2.00 bits per heavy atom. The second kappa shape index (κ2) is 9.99. The van der Waals surface area contributed by atoms with Gasteiger partial charge in [0.05, 0.1) is 23.7 Å². The molecule has 1 saturated heterocycles. The van der Waals surface area contributed by atoms with Crippen LogP contribution in [0.1, 0.15) is 59.8 Å². The lowest BCUT2D eigenvalue weighted by Crippen LogP contribution is -2.57. The number of carbonyl (C=O) groups is 3. The molecule has 2 fully saturated rings. The maximum Gasteiger partial charge on any atom is 0.339 e. The molecule has 198 valence electrons. The number of Topliss-reactive ketones (excluding diaryl/α,β-unsaturated/α-hetero) is 1. The lowest BCUT2D eigenvalue weighted by Gasteiger charge is -2.54. The summed E-state index contributed by atoms with van der Waals surface area (Å²) in [5, 5.41) is 24.0. The monoisotopic (exact) mass is 520 g/mol. The van der Waals surface area contributed by atoms with Crippen LogP contribution in [0.15, 0.2) is 33.5 Å². The molecular weight excluding hydrogens is 484 g/mol. The van der Waals surface area contributed by atoms with E-state index in [4.69, 9.17) is 14.2 Å². The Labute approximate surface area is 216 Å². The fourth-order valence-corrected chi connectivity index (χ4v) is 7.59. The van der Waals surface area contributed by atoms with E-state index in [0.717, 1.165) is 18.6 Å². The van der Waals surface area contributed by atoms with Crippen LogP contribution in [-0.4, -0.2) is 65.7 Å². The molecule has 0 aromatic rings. The molecule has 0 radical (unpaired) electrons. The summed E-state index contributed by atoms with van der Waals surface area (Å²) in [4.78, 5) is 39.2. The molecule has 0 spiro atoms. The number of fused-ring (bicyclic) bond motifs is 4. The first-order valence-electron chi connectivity index (χ1n) is 12.6. The van der Waals surface area contributed by atoms with Gasteiger partial charge in [-0.2, -0.15) is 0 Å². The van der Waals surface area contributed by atoms with Gasteiger partial charge in [0.25, 0.3) is 0 Å². The zero-order valence-electron chi connectivity index (χ0n) is 21.6. The summed E-state index contributed by atoms with van der Waals surface area (Å²) in [6.07, 6.45) is 0.986. The highest BCUT2D eigenvalue weighted by Crippen LogP contribution is 2.63. The van der Waals surface area contributed by atoms with Crippen LogP contribution in [-0.2, 0) is 28.6 Å². The second-order valence-corrected chi connectivity index (χ2v) is 11.6. The molecule has 6 unspecified atom stereocenters. The number of hydrogen-bond donors (Lipinski definition) is 2. The molecule has 0 aromatic heterocycles. The van der Waals surface area contributed by atoms with Gasteiger partial charge >= 0.3 is 11.9 Å². The molecule has 6 atom stereocenters. The molecule has 4 rings (SSSR count). The normalized spacial score (nSPS) is 37.0. The van der Waals surface area contributed by atoms with Crippen molar-refractivity contribution < 1.29 is 38.8 Å². The number of unbranched alkanes of at least 4 members (excludes halogenated alkanes) is 1. The van der Waals surface area contributed by atoms with Gasteiger partial charge in [-0.25, -0.2) is 4.79 Å². The van der Waals surface area contributed by atoms with Crippen LogP contribution in [0.25, 0.3) is 0 Å². The second-order valence-electron chi connectivity index (χ2n) is 10.6. The van der Waals surface area contributed by atoms with Gasteiger partial charge in [0, 0.05) is 30.6 Å². The van der Waals surface area contributed by atoms with Gasteiger partial charge in [0.15, 0.2) is 5.76 Å². The summed E-state index contributed by atoms with van der Waals surface area (Å²) in [6, 6.07) is 0. The highest BCUT2D eigenvalue weighted by Gasteiger charge is 2.64. The number of ether oxygens (including phenoxy) is 3. The van der Waals surface area contributed by atoms with Crippen molar-refractivity contribution in [3.8, 4) is 0 Å². The molecule has 1 heterocycles. The third-order valence-corrected chi connectivity index (χ3v) is 9.40. The van der Waals surface area contributed by atoms with Gasteiger partial charge in [-0.05, 0) is 55.3 Å². The minimum absolute atomic E-state index is 0.0254. The summed E-state index contributed by atoms with van der Waals surface area (Å²) in [6.45, 7) is 7.14. The molecule has 1 aliphatic heterocycles. The fraction of sp³-hybridized carbons (Fsp3) is 0.667. The van der Waals surface area contributed by atoms with E-state index in [2.05, 4.69) is 6.92 Å². The molecule has 2 N–H and O–H groups in total. The SMILES string of the molecule is CCCCS/C=C1\C(=O)OC(COC)C2(C)C1=C(O)C(=O)C1=C2C(OC(C)=O)CC2(C)C(O)CCC12. The highest BCUT2D eigenvalue weighted by molar-refractivity contribution is 8.02. The van der Waals surface area contributed by atoms with Crippen molar-refractivity contribution in [2.75, 3.05) is 19.5 Å². The van der Waals surface area contributed by atoms with Crippen LogP contribution in [0.4, 0.5) is 0 Å². The predicted molar refractivity (Wildman–Crippen MR) is 134 cm³/mol. The number of rotatable bonds is 7. The number of allylic oxidation sites excluding steroid dienone is 1. The molecular formula is C27H36O8S. The van der Waals surface area contributed by atoms with Crippen LogP contribution in [0.2, 0.25) is 0 Å². The maximum absolute atomic E-state index is 13.9. The van der Waals surface area contributed by atoms with Crippen molar-refractivity contribution in [2.24, 2.45) is 16.7 Å². The molecule has 1 saturated carbocycles. The zero-order valence-corrected chi connectivity index (χ0v) is 22.4. The largest absolute Gasteiger partial charge is 0.504 e. The van der Waals surface area contributed by atoms with E-state index in [1.165, 1.54) is 25.8 Å². The van der Waals surface area contributed by atoms with Gasteiger partial charge in [-0.3, -0.25) is 9.59 Å². The van der Waals surface area contributed by atoms with E-state index >= 15 is 0 Å². The van der Waals surface area contributed by atoms with Crippen LogP contribution in [0.3, 0.4) is 0 Å². The van der Waals surface area contributed by atoms with E-state index in [1.807, 2.05) is 13.8 Å². The van der Waals surface area contributed by atoms with Crippen molar-refractivity contribution >= 4 is 29.5 Å². The molecule has 0 aromatic carbocycles. The van der Waals surface area contributed by atoms with E-state index in [0.29, 0.717) is 30.4 Å². The lowest BCUT2D eigenvalue weighted by atomic mass is 9.53. The van der Waals surface area contributed by atoms with Crippen molar-refractivity contribution in [1.82, 2.24) is 0 Å². The number of hydrogen-bond acceptors (Lipinski definition) is 9. The van der Waals surface area contributed by atoms with Crippen LogP contribution >= 0.6 is 11.8 Å². The van der Waals surface area contributed by atoms with Crippen molar-refractivity contribution in [3.63, 3.8) is 0 Å². The third kappa shape index (κ3) is 4.03. The van der Waals surface area contributed by atoms with E-state index < -0.39 is 52.6 Å². The highest BCUT2D eigenvalue weighted by atomic mass is 32.2. The quantitative estimate of drug-likeness (QED) is 0.294. The molecule has 9 heteroatoms. The first kappa shape index (κ1) is 26.9. The van der Waals surface area contributed by atoms with Crippen molar-refractivity contribution in [2.45, 2.75) is 78.1 Å². The summed E-state index contributed by atoms with van der Waals surface area (Å²) < 4.78 is 17.1. The number of aliphatic hydroxyl groups is 2. The van der Waals surface area contributed by atoms with Gasteiger partial charge in [0.1, 0.15) is 12.2 Å². The summed E-state index contributed by atoms with van der Waals surface area (Å²) in [5.41, 5.74) is -0.598. The van der Waals surface area contributed by atoms with Crippen LogP contribution in [0, 0.1) is 16.7 Å². The van der Waals surface area contributed by atoms with Gasteiger partial charge in [0.2, 0.25) is 5.78 Å². The Balaban J connectivity index is 1.95. The molecule has 36 heavy (non-hydrogen) atoms. The van der Waals surface area contributed by atoms with Crippen molar-refractivity contribution in [3.05, 3.63) is 33.5 Å². The number of aliphatic hydroxyl groups excluding tert-OH is 2. The predicted octanol–water partition coefficient (Wildman–Crippen LogP) is 3.79.